The van der Waals surface area contributed by atoms with Crippen molar-refractivity contribution in [3.05, 3.63) is 72.2 Å². The second-order valence-electron chi connectivity index (χ2n) is 11.4. The molecule has 0 unspecified atom stereocenters. The molecule has 2 heterocycles. The van der Waals surface area contributed by atoms with Crippen LogP contribution in [0, 0.1) is 0 Å². The molecule has 2 aromatic carbocycles. The molecule has 0 aliphatic carbocycles. The number of imidazole rings is 1. The number of nitrogens with zero attached hydrogens (tertiary/aromatic N) is 3. The van der Waals surface area contributed by atoms with Crippen LogP contribution in [0.2, 0.25) is 0 Å². The number of carboxylic acid groups (broad SMARTS) is 1. The maximum Gasteiger partial charge on any atom is 0.329 e. The molecule has 250 valence electrons. The molecule has 1 fully saturated rings. The fourth-order valence-corrected chi connectivity index (χ4v) is 6.96. The smallest absolute Gasteiger partial charge is 0.329 e. The molecule has 14 nitrogen and oxygen atoms in total. The van der Waals surface area contributed by atoms with E-state index in [1.54, 1.807) is 30.5 Å². The van der Waals surface area contributed by atoms with Crippen LogP contribution in [0.5, 0.6) is 5.75 Å². The number of rotatable bonds is 16. The molecule has 3 atom stereocenters. The number of aliphatic carboxylic acids is 1. The van der Waals surface area contributed by atoms with Crippen molar-refractivity contribution in [1.82, 2.24) is 14.5 Å². The first-order valence-electron chi connectivity index (χ1n) is 14.9. The van der Waals surface area contributed by atoms with Crippen LogP contribution in [-0.2, 0) is 25.6 Å². The van der Waals surface area contributed by atoms with Crippen molar-refractivity contribution in [3.63, 3.8) is 0 Å². The summed E-state index contributed by atoms with van der Waals surface area (Å²) in [7, 11) is -8.84. The molecule has 46 heavy (non-hydrogen) atoms. The van der Waals surface area contributed by atoms with Crippen molar-refractivity contribution in [1.29, 1.82) is 0 Å². The fourth-order valence-electron chi connectivity index (χ4n) is 5.59. The highest BCUT2D eigenvalue weighted by Gasteiger charge is 2.39. The second-order valence-corrected chi connectivity index (χ2v) is 14.4. The summed E-state index contributed by atoms with van der Waals surface area (Å²) < 4.78 is 52.2. The Bertz CT molecular complexity index is 1660. The zero-order valence-corrected chi connectivity index (χ0v) is 27.0. The van der Waals surface area contributed by atoms with Gasteiger partial charge in [-0.25, -0.2) is 4.98 Å². The van der Waals surface area contributed by atoms with E-state index in [-0.39, 0.29) is 30.0 Å². The molecule has 0 spiro atoms. The first-order chi connectivity index (χ1) is 21.7. The van der Waals surface area contributed by atoms with Crippen molar-refractivity contribution in [2.24, 2.45) is 0 Å². The lowest BCUT2D eigenvalue weighted by Crippen LogP contribution is -2.39. The zero-order chi connectivity index (χ0) is 33.5. The maximum absolute atomic E-state index is 12.9. The number of anilines is 1. The van der Waals surface area contributed by atoms with E-state index in [0.29, 0.717) is 30.8 Å². The van der Waals surface area contributed by atoms with E-state index in [4.69, 9.17) is 4.74 Å². The lowest BCUT2D eigenvalue weighted by atomic mass is 10.1. The van der Waals surface area contributed by atoms with Gasteiger partial charge in [-0.15, -0.1) is 0 Å². The summed E-state index contributed by atoms with van der Waals surface area (Å²) in [4.78, 5) is 49.2. The van der Waals surface area contributed by atoms with Crippen LogP contribution >= 0.6 is 7.60 Å². The molecule has 1 aromatic heterocycles. The molecular weight excluding hydrogens is 639 g/mol. The Morgan fingerprint density at radius 3 is 2.48 bits per heavy atom. The number of carbonyl (C=O) groups is 2. The predicted molar refractivity (Wildman–Crippen MR) is 168 cm³/mol. The average Bonchev–Trinajstić information content (AvgIpc) is 3.61. The standard InChI is InChI=1S/C30H39N4O10PS/c1-2-3-4-5-8-22(34-18-28(31-20-34)32-29(35)25-9-6-7-10-27(25)46(41,42)43)16-33-17-24(15-26(33)30(36)37)44-23-13-11-21(12-14-23)19-45(38,39)40/h6-7,9-14,18,20,22,24,26H,2-5,8,15-17,19H2,1H3,(H,32,35)(H,36,37)(H2,38,39,40)(H,41,42,43)/t22-,24+,26+/m1/s1. The third-order valence-electron chi connectivity index (χ3n) is 7.78. The van der Waals surface area contributed by atoms with E-state index in [0.717, 1.165) is 31.7 Å². The van der Waals surface area contributed by atoms with E-state index < -0.39 is 46.6 Å². The monoisotopic (exact) mass is 678 g/mol. The number of hydrogen-bond acceptors (Lipinski definition) is 8. The first-order valence-corrected chi connectivity index (χ1v) is 18.2. The Balaban J connectivity index is 1.48. The number of likely N-dealkylation sites (tertiary alicyclic amines) is 1. The summed E-state index contributed by atoms with van der Waals surface area (Å²) in [6.45, 7) is 2.80. The Kier molecular flexibility index (Phi) is 11.8. The third-order valence-corrected chi connectivity index (χ3v) is 9.46. The van der Waals surface area contributed by atoms with Gasteiger partial charge in [-0.1, -0.05) is 56.9 Å². The first kappa shape index (κ1) is 35.3. The molecule has 0 radical (unpaired) electrons. The highest BCUT2D eigenvalue weighted by atomic mass is 32.2. The number of carboxylic acids is 1. The summed E-state index contributed by atoms with van der Waals surface area (Å²) in [5, 5.41) is 12.6. The highest BCUT2D eigenvalue weighted by Crippen LogP contribution is 2.39. The topological polar surface area (TPSA) is 209 Å². The van der Waals surface area contributed by atoms with Crippen LogP contribution in [0.25, 0.3) is 0 Å². The number of aromatic nitrogens is 2. The molecule has 0 saturated carbocycles. The molecule has 4 rings (SSSR count). The summed E-state index contributed by atoms with van der Waals surface area (Å²) in [6.07, 6.45) is 7.24. The number of nitrogens with one attached hydrogen (secondary N) is 1. The molecule has 3 aromatic rings. The number of amides is 1. The minimum Gasteiger partial charge on any atom is -0.489 e. The van der Waals surface area contributed by atoms with E-state index in [1.165, 1.54) is 24.5 Å². The van der Waals surface area contributed by atoms with E-state index >= 15 is 0 Å². The van der Waals surface area contributed by atoms with Crippen molar-refractivity contribution in [2.45, 2.75) is 74.7 Å². The third kappa shape index (κ3) is 9.95. The highest BCUT2D eigenvalue weighted by molar-refractivity contribution is 7.86. The SMILES string of the molecule is CCCCCC[C@H](CN1C[C@@H](Oc2ccc(CP(=O)(O)O)cc2)C[C@H]1C(=O)O)n1cnc(NC(=O)c2ccccc2S(=O)(=O)O)c1. The van der Waals surface area contributed by atoms with Crippen LogP contribution < -0.4 is 10.1 Å². The van der Waals surface area contributed by atoms with Gasteiger partial charge in [0, 0.05) is 31.7 Å². The van der Waals surface area contributed by atoms with Gasteiger partial charge in [-0.2, -0.15) is 8.42 Å². The molecule has 1 saturated heterocycles. The van der Waals surface area contributed by atoms with Gasteiger partial charge < -0.3 is 29.5 Å². The van der Waals surface area contributed by atoms with E-state index in [1.807, 2.05) is 9.47 Å². The number of unbranched alkanes of at least 4 members (excludes halogenated alkanes) is 3. The maximum atomic E-state index is 12.9. The van der Waals surface area contributed by atoms with Gasteiger partial charge in [-0.3, -0.25) is 23.6 Å². The Morgan fingerprint density at radius 2 is 1.83 bits per heavy atom. The second kappa shape index (κ2) is 15.3. The lowest BCUT2D eigenvalue weighted by molar-refractivity contribution is -0.142. The van der Waals surface area contributed by atoms with Crippen molar-refractivity contribution >= 4 is 35.4 Å². The molecule has 5 N–H and O–H groups in total. The number of hydrogen-bond donors (Lipinski definition) is 5. The molecule has 16 heteroatoms. The molecule has 1 amide bonds. The largest absolute Gasteiger partial charge is 0.489 e. The van der Waals surface area contributed by atoms with E-state index in [9.17, 15) is 42.0 Å². The van der Waals surface area contributed by atoms with E-state index in [2.05, 4.69) is 17.2 Å². The summed E-state index contributed by atoms with van der Waals surface area (Å²) in [5.41, 5.74) is 0.223. The summed E-state index contributed by atoms with van der Waals surface area (Å²) in [5.74, 6) is -1.12. The lowest BCUT2D eigenvalue weighted by Gasteiger charge is -2.27. The Hall–Kier alpha value is -3.59. The number of ether oxygens (including phenoxy) is 1. The number of benzene rings is 2. The van der Waals surface area contributed by atoms with Gasteiger partial charge in [0.05, 0.1) is 18.1 Å². The van der Waals surface area contributed by atoms with Gasteiger partial charge >= 0.3 is 13.6 Å². The van der Waals surface area contributed by atoms with Crippen molar-refractivity contribution in [3.8, 4) is 5.75 Å². The Labute approximate surface area is 267 Å². The van der Waals surface area contributed by atoms with Crippen molar-refractivity contribution < 1.29 is 46.8 Å². The number of carbonyl (C=O) groups excluding carboxylic acids is 1. The van der Waals surface area contributed by atoms with Gasteiger partial charge in [0.25, 0.3) is 16.0 Å². The van der Waals surface area contributed by atoms with Crippen molar-refractivity contribution in [2.75, 3.05) is 18.4 Å². The van der Waals surface area contributed by atoms with Gasteiger partial charge in [-0.05, 0) is 36.2 Å². The summed E-state index contributed by atoms with van der Waals surface area (Å²) >= 11 is 0. The van der Waals surface area contributed by atoms with Crippen LogP contribution in [0.1, 0.15) is 67.4 Å². The minimum atomic E-state index is -4.63. The Morgan fingerprint density at radius 1 is 1.11 bits per heavy atom. The zero-order valence-electron chi connectivity index (χ0n) is 25.3. The van der Waals surface area contributed by atoms with Gasteiger partial charge in [0.2, 0.25) is 0 Å². The molecule has 1 aliphatic heterocycles. The molecule has 1 aliphatic rings. The normalized spacial score (nSPS) is 17.9. The average molecular weight is 679 g/mol. The summed E-state index contributed by atoms with van der Waals surface area (Å²) in [6, 6.07) is 10.6. The molecule has 0 bridgehead atoms. The van der Waals surface area contributed by atoms with Crippen LogP contribution in [0.4, 0.5) is 5.82 Å². The van der Waals surface area contributed by atoms with Crippen LogP contribution in [0.3, 0.4) is 0 Å². The van der Waals surface area contributed by atoms with Gasteiger partial charge in [0.1, 0.15) is 22.8 Å². The fraction of sp³-hybridized carbons (Fsp3) is 0.433. The van der Waals surface area contributed by atoms with Crippen LogP contribution in [-0.4, -0.2) is 79.4 Å². The quantitative estimate of drug-likeness (QED) is 0.0821. The van der Waals surface area contributed by atoms with Crippen LogP contribution in [0.15, 0.2) is 66.0 Å². The minimum absolute atomic E-state index is 0.160. The predicted octanol–water partition coefficient (Wildman–Crippen LogP) is 4.18. The van der Waals surface area contributed by atoms with Gasteiger partial charge in [0.15, 0.2) is 5.82 Å². The molecular formula is C30H39N4O10PS.